The number of rotatable bonds is 5. The van der Waals surface area contributed by atoms with Crippen molar-refractivity contribution in [3.63, 3.8) is 0 Å². The molecule has 0 radical (unpaired) electrons. The Morgan fingerprint density at radius 2 is 2.05 bits per heavy atom. The molecule has 0 bridgehead atoms. The van der Waals surface area contributed by atoms with Crippen molar-refractivity contribution < 1.29 is 0 Å². The van der Waals surface area contributed by atoms with E-state index in [9.17, 15) is 0 Å². The van der Waals surface area contributed by atoms with Crippen LogP contribution in [0.3, 0.4) is 0 Å². The van der Waals surface area contributed by atoms with Crippen molar-refractivity contribution in [2.45, 2.75) is 29.4 Å². The van der Waals surface area contributed by atoms with Crippen LogP contribution < -0.4 is 5.32 Å². The molecule has 1 heterocycles. The van der Waals surface area contributed by atoms with E-state index in [1.165, 1.54) is 36.4 Å². The Kier molecular flexibility index (Phi) is 4.69. The summed E-state index contributed by atoms with van der Waals surface area (Å²) in [5.74, 6) is 0. The smallest absolute Gasteiger partial charge is 0.0544 e. The first kappa shape index (κ1) is 13.7. The van der Waals surface area contributed by atoms with Gasteiger partial charge in [0.1, 0.15) is 0 Å². The minimum Gasteiger partial charge on any atom is -0.314 e. The highest BCUT2D eigenvalue weighted by molar-refractivity contribution is 8.00. The standard InChI is InChI=1S/C15H21ClN2S/c16-14-11-12(1-4-15(14)19-13-2-3-13)5-8-18-9-6-17-7-10-18/h1,4,11,13,17H,2-3,5-10H2. The van der Waals surface area contributed by atoms with Gasteiger partial charge in [-0.15, -0.1) is 11.8 Å². The molecule has 2 nitrogen and oxygen atoms in total. The summed E-state index contributed by atoms with van der Waals surface area (Å²) in [6.45, 7) is 5.73. The highest BCUT2D eigenvalue weighted by atomic mass is 35.5. The maximum Gasteiger partial charge on any atom is 0.0544 e. The second kappa shape index (κ2) is 6.49. The zero-order valence-electron chi connectivity index (χ0n) is 11.2. The molecule has 104 valence electrons. The third kappa shape index (κ3) is 4.12. The highest BCUT2D eigenvalue weighted by Crippen LogP contribution is 2.41. The molecule has 3 rings (SSSR count). The summed E-state index contributed by atoms with van der Waals surface area (Å²) in [6, 6.07) is 6.62. The van der Waals surface area contributed by atoms with Crippen molar-refractivity contribution in [2.24, 2.45) is 0 Å². The number of piperazine rings is 1. The minimum atomic E-state index is 0.823. The molecule has 0 spiro atoms. The van der Waals surface area contributed by atoms with Crippen molar-refractivity contribution in [1.82, 2.24) is 10.2 Å². The van der Waals surface area contributed by atoms with E-state index in [-0.39, 0.29) is 0 Å². The number of benzene rings is 1. The lowest BCUT2D eigenvalue weighted by Crippen LogP contribution is -2.44. The van der Waals surface area contributed by atoms with Gasteiger partial charge in [-0.3, -0.25) is 0 Å². The Bertz CT molecular complexity index is 428. The monoisotopic (exact) mass is 296 g/mol. The molecule has 0 amide bonds. The molecule has 1 N–H and O–H groups in total. The average Bonchev–Trinajstić information content (AvgIpc) is 3.24. The number of halogens is 1. The van der Waals surface area contributed by atoms with Gasteiger partial charge in [0.15, 0.2) is 0 Å². The van der Waals surface area contributed by atoms with Gasteiger partial charge in [-0.1, -0.05) is 17.7 Å². The maximum absolute atomic E-state index is 6.38. The van der Waals surface area contributed by atoms with Crippen LogP contribution in [-0.4, -0.2) is 42.9 Å². The second-order valence-corrected chi connectivity index (χ2v) is 7.17. The van der Waals surface area contributed by atoms with Crippen LogP contribution in [0.2, 0.25) is 5.02 Å². The molecule has 1 aromatic rings. The maximum atomic E-state index is 6.38. The third-order valence-electron chi connectivity index (χ3n) is 3.74. The molecule has 1 saturated carbocycles. The first-order valence-corrected chi connectivity index (χ1v) is 8.45. The van der Waals surface area contributed by atoms with Crippen molar-refractivity contribution in [3.8, 4) is 0 Å². The summed E-state index contributed by atoms with van der Waals surface area (Å²) in [6.07, 6.45) is 3.81. The Morgan fingerprint density at radius 1 is 1.26 bits per heavy atom. The molecule has 0 aromatic heterocycles. The Balaban J connectivity index is 1.53. The van der Waals surface area contributed by atoms with Crippen LogP contribution in [0.15, 0.2) is 23.1 Å². The van der Waals surface area contributed by atoms with Crippen LogP contribution in [0.4, 0.5) is 0 Å². The van der Waals surface area contributed by atoms with Crippen LogP contribution in [-0.2, 0) is 6.42 Å². The number of hydrogen-bond donors (Lipinski definition) is 1. The van der Waals surface area contributed by atoms with E-state index >= 15 is 0 Å². The van der Waals surface area contributed by atoms with Crippen molar-refractivity contribution in [1.29, 1.82) is 0 Å². The highest BCUT2D eigenvalue weighted by Gasteiger charge is 2.23. The number of hydrogen-bond acceptors (Lipinski definition) is 3. The van der Waals surface area contributed by atoms with Gasteiger partial charge in [-0.25, -0.2) is 0 Å². The first-order chi connectivity index (χ1) is 9.31. The molecule has 4 heteroatoms. The Morgan fingerprint density at radius 3 is 2.74 bits per heavy atom. The van der Waals surface area contributed by atoms with Crippen LogP contribution in [0, 0.1) is 0 Å². The Labute approximate surface area is 124 Å². The SMILES string of the molecule is Clc1cc(CCN2CCNCC2)ccc1SC1CC1. The van der Waals surface area contributed by atoms with E-state index in [4.69, 9.17) is 11.6 Å². The fraction of sp³-hybridized carbons (Fsp3) is 0.600. The molecule has 19 heavy (non-hydrogen) atoms. The lowest BCUT2D eigenvalue weighted by Gasteiger charge is -2.27. The predicted octanol–water partition coefficient (Wildman–Crippen LogP) is 3.04. The zero-order valence-corrected chi connectivity index (χ0v) is 12.8. The molecular formula is C15H21ClN2S. The van der Waals surface area contributed by atoms with E-state index in [1.807, 2.05) is 11.8 Å². The van der Waals surface area contributed by atoms with Crippen molar-refractivity contribution in [2.75, 3.05) is 32.7 Å². The fourth-order valence-corrected chi connectivity index (χ4v) is 3.77. The Hall–Kier alpha value is -0.220. The fourth-order valence-electron chi connectivity index (χ4n) is 2.38. The lowest BCUT2D eigenvalue weighted by molar-refractivity contribution is 0.244. The molecule has 1 aliphatic carbocycles. The number of nitrogens with zero attached hydrogens (tertiary/aromatic N) is 1. The van der Waals surface area contributed by atoms with Gasteiger partial charge in [0.2, 0.25) is 0 Å². The average molecular weight is 297 g/mol. The summed E-state index contributed by atoms with van der Waals surface area (Å²) >= 11 is 8.32. The molecule has 1 saturated heterocycles. The summed E-state index contributed by atoms with van der Waals surface area (Å²) in [4.78, 5) is 3.78. The topological polar surface area (TPSA) is 15.3 Å². The predicted molar refractivity (Wildman–Crippen MR) is 83.3 cm³/mol. The van der Waals surface area contributed by atoms with Gasteiger partial charge in [-0.2, -0.15) is 0 Å². The van der Waals surface area contributed by atoms with Gasteiger partial charge < -0.3 is 10.2 Å². The van der Waals surface area contributed by atoms with Gasteiger partial charge in [0, 0.05) is 42.9 Å². The van der Waals surface area contributed by atoms with E-state index < -0.39 is 0 Å². The molecule has 2 aliphatic rings. The molecule has 1 aromatic carbocycles. The number of nitrogens with one attached hydrogen (secondary N) is 1. The quantitative estimate of drug-likeness (QED) is 0.899. The molecule has 1 aliphatic heterocycles. The van der Waals surface area contributed by atoms with E-state index in [0.717, 1.165) is 36.3 Å². The van der Waals surface area contributed by atoms with Crippen molar-refractivity contribution in [3.05, 3.63) is 28.8 Å². The van der Waals surface area contributed by atoms with Crippen LogP contribution >= 0.6 is 23.4 Å². The molecule has 0 unspecified atom stereocenters. The normalized spacial score (nSPS) is 20.7. The molecular weight excluding hydrogens is 276 g/mol. The van der Waals surface area contributed by atoms with E-state index in [0.29, 0.717) is 0 Å². The largest absolute Gasteiger partial charge is 0.314 e. The van der Waals surface area contributed by atoms with E-state index in [2.05, 4.69) is 28.4 Å². The van der Waals surface area contributed by atoms with Crippen LogP contribution in [0.5, 0.6) is 0 Å². The van der Waals surface area contributed by atoms with E-state index in [1.54, 1.807) is 0 Å². The summed E-state index contributed by atoms with van der Waals surface area (Å²) < 4.78 is 0. The van der Waals surface area contributed by atoms with Gasteiger partial charge in [-0.05, 0) is 37.0 Å². The second-order valence-electron chi connectivity index (χ2n) is 5.42. The van der Waals surface area contributed by atoms with Crippen LogP contribution in [0.1, 0.15) is 18.4 Å². The zero-order chi connectivity index (χ0) is 13.1. The summed E-state index contributed by atoms with van der Waals surface area (Å²) in [7, 11) is 0. The first-order valence-electron chi connectivity index (χ1n) is 7.19. The van der Waals surface area contributed by atoms with Crippen LogP contribution in [0.25, 0.3) is 0 Å². The minimum absolute atomic E-state index is 0.823. The third-order valence-corrected chi connectivity index (χ3v) is 5.58. The summed E-state index contributed by atoms with van der Waals surface area (Å²) in [5, 5.41) is 5.15. The number of thioether (sulfide) groups is 1. The molecule has 0 atom stereocenters. The van der Waals surface area contributed by atoms with Gasteiger partial charge in [0.25, 0.3) is 0 Å². The lowest BCUT2D eigenvalue weighted by atomic mass is 10.1. The van der Waals surface area contributed by atoms with Crippen molar-refractivity contribution >= 4 is 23.4 Å². The van der Waals surface area contributed by atoms with Gasteiger partial charge >= 0.3 is 0 Å². The van der Waals surface area contributed by atoms with Gasteiger partial charge in [0.05, 0.1) is 5.02 Å². The summed E-state index contributed by atoms with van der Waals surface area (Å²) in [5.41, 5.74) is 1.36. The molecule has 2 fully saturated rings.